The van der Waals surface area contributed by atoms with Gasteiger partial charge in [-0.25, -0.2) is 0 Å². The van der Waals surface area contributed by atoms with Gasteiger partial charge in [0.05, 0.1) is 6.10 Å². The van der Waals surface area contributed by atoms with Gasteiger partial charge < -0.3 is 5.11 Å². The Labute approximate surface area is 143 Å². The maximum atomic E-state index is 10.1. The van der Waals surface area contributed by atoms with Gasteiger partial charge in [-0.1, -0.05) is 74.8 Å². The van der Waals surface area contributed by atoms with Gasteiger partial charge in [0.1, 0.15) is 0 Å². The molecule has 0 spiro atoms. The topological polar surface area (TPSA) is 20.2 Å². The molecule has 0 aromatic rings. The number of rotatable bonds is 6. The summed E-state index contributed by atoms with van der Waals surface area (Å²) >= 11 is 0. The van der Waals surface area contributed by atoms with Crippen LogP contribution in [0.4, 0.5) is 0 Å². The van der Waals surface area contributed by atoms with Crippen LogP contribution >= 0.6 is 0 Å². The molecule has 0 radical (unpaired) electrons. The molecule has 0 aromatic heterocycles. The third kappa shape index (κ3) is 6.35. The molecule has 1 N–H and O–H groups in total. The molecule has 0 bridgehead atoms. The largest absolute Gasteiger partial charge is 0.389 e. The zero-order valence-corrected chi connectivity index (χ0v) is 15.8. The van der Waals surface area contributed by atoms with E-state index >= 15 is 0 Å². The van der Waals surface area contributed by atoms with Crippen molar-refractivity contribution in [1.82, 2.24) is 0 Å². The highest BCUT2D eigenvalue weighted by molar-refractivity contribution is 5.38. The molecule has 128 valence electrons. The molecule has 1 atom stereocenters. The first-order valence-corrected chi connectivity index (χ1v) is 8.87. The van der Waals surface area contributed by atoms with E-state index in [1.165, 1.54) is 23.1 Å². The third-order valence-corrected chi connectivity index (χ3v) is 4.68. The third-order valence-electron chi connectivity index (χ3n) is 4.68. The van der Waals surface area contributed by atoms with Crippen molar-refractivity contribution < 1.29 is 5.11 Å². The average molecular weight is 315 g/mol. The van der Waals surface area contributed by atoms with Gasteiger partial charge in [0, 0.05) is 0 Å². The minimum Gasteiger partial charge on any atom is -0.389 e. The van der Waals surface area contributed by atoms with Gasteiger partial charge in [0.15, 0.2) is 0 Å². The fourth-order valence-corrected chi connectivity index (χ4v) is 2.98. The van der Waals surface area contributed by atoms with Crippen molar-refractivity contribution in [3.05, 3.63) is 58.7 Å². The lowest BCUT2D eigenvalue weighted by molar-refractivity contribution is 0.163. The number of aliphatic hydroxyl groups excluding tert-OH is 1. The van der Waals surface area contributed by atoms with Crippen LogP contribution in [0.1, 0.15) is 67.2 Å². The quantitative estimate of drug-likeness (QED) is 0.571. The molecule has 0 saturated carbocycles. The zero-order chi connectivity index (χ0) is 17.5. The van der Waals surface area contributed by atoms with E-state index in [2.05, 4.69) is 78.0 Å². The maximum absolute atomic E-state index is 10.1. The first kappa shape index (κ1) is 19.7. The fourth-order valence-electron chi connectivity index (χ4n) is 2.98. The average Bonchev–Trinajstić information content (AvgIpc) is 2.49. The summed E-state index contributed by atoms with van der Waals surface area (Å²) in [7, 11) is 0. The van der Waals surface area contributed by atoms with Crippen molar-refractivity contribution in [2.24, 2.45) is 5.41 Å². The predicted molar refractivity (Wildman–Crippen MR) is 102 cm³/mol. The highest BCUT2D eigenvalue weighted by atomic mass is 16.3. The van der Waals surface area contributed by atoms with Crippen molar-refractivity contribution in [2.75, 3.05) is 0 Å². The van der Waals surface area contributed by atoms with Crippen LogP contribution in [-0.2, 0) is 0 Å². The minimum absolute atomic E-state index is 0.148. The molecule has 1 heteroatoms. The van der Waals surface area contributed by atoms with Crippen LogP contribution in [0, 0.1) is 5.41 Å². The lowest BCUT2D eigenvalue weighted by Crippen LogP contribution is -2.27. The van der Waals surface area contributed by atoms with Crippen LogP contribution in [0.15, 0.2) is 58.7 Å². The number of unbranched alkanes of at least 4 members (excludes halogenated alkanes) is 1. The minimum atomic E-state index is -0.279. The summed E-state index contributed by atoms with van der Waals surface area (Å²) < 4.78 is 0. The molecule has 1 rings (SSSR count). The van der Waals surface area contributed by atoms with Gasteiger partial charge in [-0.2, -0.15) is 0 Å². The van der Waals surface area contributed by atoms with Crippen molar-refractivity contribution in [3.63, 3.8) is 0 Å². The van der Waals surface area contributed by atoms with E-state index in [4.69, 9.17) is 0 Å². The smallest absolute Gasteiger partial charge is 0.0753 e. The summed E-state index contributed by atoms with van der Waals surface area (Å²) in [4.78, 5) is 0. The Balaban J connectivity index is 2.81. The summed E-state index contributed by atoms with van der Waals surface area (Å²) in [6.07, 6.45) is 17.0. The molecule has 0 fully saturated rings. The number of hydrogen-bond donors (Lipinski definition) is 1. The highest BCUT2D eigenvalue weighted by Gasteiger charge is 2.30. The molecule has 23 heavy (non-hydrogen) atoms. The molecular formula is C22H34O. The van der Waals surface area contributed by atoms with E-state index in [-0.39, 0.29) is 11.5 Å². The monoisotopic (exact) mass is 314 g/mol. The molecule has 0 heterocycles. The zero-order valence-electron chi connectivity index (χ0n) is 15.8. The highest BCUT2D eigenvalue weighted by Crippen LogP contribution is 2.40. The predicted octanol–water partition coefficient (Wildman–Crippen LogP) is 6.29. The molecule has 0 aromatic carbocycles. The van der Waals surface area contributed by atoms with E-state index in [9.17, 15) is 5.11 Å². The van der Waals surface area contributed by atoms with Crippen LogP contribution in [0.5, 0.6) is 0 Å². The second-order valence-electron chi connectivity index (χ2n) is 7.37. The summed E-state index contributed by atoms with van der Waals surface area (Å²) in [5, 5.41) is 10.1. The summed E-state index contributed by atoms with van der Waals surface area (Å²) in [5.74, 6) is 0. The van der Waals surface area contributed by atoms with Gasteiger partial charge >= 0.3 is 0 Å². The van der Waals surface area contributed by atoms with Crippen molar-refractivity contribution >= 4 is 0 Å². The summed E-state index contributed by atoms with van der Waals surface area (Å²) in [6.45, 7) is 13.1. The lowest BCUT2D eigenvalue weighted by atomic mass is 9.71. The van der Waals surface area contributed by atoms with Crippen molar-refractivity contribution in [1.29, 1.82) is 0 Å². The van der Waals surface area contributed by atoms with E-state index in [0.717, 1.165) is 24.8 Å². The van der Waals surface area contributed by atoms with E-state index in [1.54, 1.807) is 0 Å². The second-order valence-corrected chi connectivity index (χ2v) is 7.37. The van der Waals surface area contributed by atoms with Crippen LogP contribution in [0.25, 0.3) is 0 Å². The van der Waals surface area contributed by atoms with Gasteiger partial charge in [-0.15, -0.1) is 0 Å². The van der Waals surface area contributed by atoms with Gasteiger partial charge in [-0.05, 0) is 56.6 Å². The van der Waals surface area contributed by atoms with Crippen LogP contribution < -0.4 is 0 Å². The summed E-state index contributed by atoms with van der Waals surface area (Å²) in [6, 6.07) is 0. The summed E-state index contributed by atoms with van der Waals surface area (Å²) in [5.41, 5.74) is 5.09. The SMILES string of the molecule is CCC/C=C(C)/C=C/C=C(C)/C=C/C1=C(C)[C@@H](O)CCC1(C)C. The van der Waals surface area contributed by atoms with Crippen LogP contribution in [0.2, 0.25) is 0 Å². The van der Waals surface area contributed by atoms with Crippen LogP contribution in [0.3, 0.4) is 0 Å². The molecule has 1 aliphatic rings. The molecule has 0 amide bonds. The Morgan fingerprint density at radius 3 is 2.57 bits per heavy atom. The Kier molecular flexibility index (Phi) is 7.78. The normalized spacial score (nSPS) is 23.3. The lowest BCUT2D eigenvalue weighted by Gasteiger charge is -2.35. The van der Waals surface area contributed by atoms with Crippen molar-refractivity contribution in [3.8, 4) is 0 Å². The molecule has 0 saturated heterocycles. The Morgan fingerprint density at radius 2 is 1.91 bits per heavy atom. The van der Waals surface area contributed by atoms with Gasteiger partial charge in [0.25, 0.3) is 0 Å². The maximum Gasteiger partial charge on any atom is 0.0753 e. The molecule has 0 aliphatic heterocycles. The van der Waals surface area contributed by atoms with E-state index in [1.807, 2.05) is 0 Å². The molecule has 1 nitrogen and oxygen atoms in total. The first-order valence-electron chi connectivity index (χ1n) is 8.87. The van der Waals surface area contributed by atoms with E-state index in [0.29, 0.717) is 0 Å². The number of allylic oxidation sites excluding steroid dienone is 9. The van der Waals surface area contributed by atoms with Crippen molar-refractivity contribution in [2.45, 2.75) is 73.3 Å². The molecular weight excluding hydrogens is 280 g/mol. The number of aliphatic hydroxyl groups is 1. The Bertz CT molecular complexity index is 538. The molecule has 1 aliphatic carbocycles. The standard InChI is InChI=1S/C22H34O/c1-7-8-10-17(2)11-9-12-18(3)13-14-20-19(4)21(23)15-16-22(20,5)6/h9-14,21,23H,7-8,15-16H2,1-6H3/b11-9+,14-13+,17-10+,18-12+/t21-/m0/s1. The van der Waals surface area contributed by atoms with Gasteiger partial charge in [0.2, 0.25) is 0 Å². The van der Waals surface area contributed by atoms with Crippen LogP contribution in [-0.4, -0.2) is 11.2 Å². The fraction of sp³-hybridized carbons (Fsp3) is 0.545. The Morgan fingerprint density at radius 1 is 1.22 bits per heavy atom. The van der Waals surface area contributed by atoms with E-state index < -0.39 is 0 Å². The first-order chi connectivity index (χ1) is 10.8. The Hall–Kier alpha value is -1.34. The number of hydrogen-bond acceptors (Lipinski definition) is 1. The molecule has 0 unspecified atom stereocenters. The van der Waals surface area contributed by atoms with Gasteiger partial charge in [-0.3, -0.25) is 0 Å². The second kappa shape index (κ2) is 9.08.